The molecule has 2 aliphatic rings. The smallest absolute Gasteiger partial charge is 0.161 e. The second kappa shape index (κ2) is 11.1. The van der Waals surface area contributed by atoms with Gasteiger partial charge in [0, 0.05) is 28.9 Å². The summed E-state index contributed by atoms with van der Waals surface area (Å²) < 4.78 is 24.4. The molecule has 5 nitrogen and oxygen atoms in total. The fourth-order valence-electron chi connectivity index (χ4n) is 6.03. The zero-order valence-electron chi connectivity index (χ0n) is 22.0. The second-order valence-corrected chi connectivity index (χ2v) is 11.5. The number of hydrogen-bond donors (Lipinski definition) is 0. The van der Waals surface area contributed by atoms with E-state index in [1.807, 2.05) is 18.2 Å². The lowest BCUT2D eigenvalue weighted by atomic mass is 9.69. The van der Waals surface area contributed by atoms with E-state index in [0.717, 1.165) is 53.4 Å². The summed E-state index contributed by atoms with van der Waals surface area (Å²) in [6.45, 7) is 8.12. The molecule has 2 aromatic rings. The Kier molecular flexibility index (Phi) is 8.34. The van der Waals surface area contributed by atoms with Gasteiger partial charge in [0.25, 0.3) is 0 Å². The third-order valence-electron chi connectivity index (χ3n) is 8.13. The van der Waals surface area contributed by atoms with E-state index in [2.05, 4.69) is 59.8 Å². The molecular formula is C29H40BrNO4. The van der Waals surface area contributed by atoms with Gasteiger partial charge in [-0.3, -0.25) is 4.90 Å². The summed E-state index contributed by atoms with van der Waals surface area (Å²) in [6.07, 6.45) is 5.77. The molecule has 0 amide bonds. The Balaban J connectivity index is 1.60. The number of hydrogen-bond acceptors (Lipinski definition) is 5. The van der Waals surface area contributed by atoms with Crippen molar-refractivity contribution in [3.05, 3.63) is 52.0 Å². The molecule has 1 aliphatic heterocycles. The molecule has 0 spiro atoms. The molecule has 0 N–H and O–H groups in total. The maximum atomic E-state index is 6.91. The minimum atomic E-state index is 0.0314. The highest BCUT2D eigenvalue weighted by Crippen LogP contribution is 2.46. The zero-order valence-corrected chi connectivity index (χ0v) is 23.6. The van der Waals surface area contributed by atoms with Crippen molar-refractivity contribution < 1.29 is 18.9 Å². The molecule has 1 saturated carbocycles. The van der Waals surface area contributed by atoms with Crippen LogP contribution in [-0.2, 0) is 17.6 Å². The first kappa shape index (κ1) is 26.3. The van der Waals surface area contributed by atoms with E-state index < -0.39 is 0 Å². The van der Waals surface area contributed by atoms with Crippen molar-refractivity contribution >= 4 is 15.9 Å². The molecular weight excluding hydrogens is 506 g/mol. The molecule has 6 heteroatoms. The van der Waals surface area contributed by atoms with Gasteiger partial charge in [-0.05, 0) is 74.4 Å². The van der Waals surface area contributed by atoms with Gasteiger partial charge >= 0.3 is 0 Å². The molecule has 1 saturated heterocycles. The molecule has 4 atom stereocenters. The van der Waals surface area contributed by atoms with Crippen molar-refractivity contribution in [2.24, 2.45) is 11.8 Å². The van der Waals surface area contributed by atoms with Crippen molar-refractivity contribution in [3.63, 3.8) is 0 Å². The summed E-state index contributed by atoms with van der Waals surface area (Å²) in [7, 11) is 5.06. The van der Waals surface area contributed by atoms with E-state index in [9.17, 15) is 0 Å². The topological polar surface area (TPSA) is 40.2 Å². The number of benzene rings is 2. The highest BCUT2D eigenvalue weighted by atomic mass is 79.9. The lowest BCUT2D eigenvalue weighted by Gasteiger charge is -2.57. The van der Waals surface area contributed by atoms with Gasteiger partial charge in [-0.25, -0.2) is 0 Å². The number of fused-ring (bicyclic) bond motifs is 1. The molecule has 1 aliphatic carbocycles. The summed E-state index contributed by atoms with van der Waals surface area (Å²) in [5, 5.41) is 0. The third kappa shape index (κ3) is 5.65. The van der Waals surface area contributed by atoms with Gasteiger partial charge < -0.3 is 18.9 Å². The van der Waals surface area contributed by atoms with E-state index in [0.29, 0.717) is 12.0 Å². The maximum absolute atomic E-state index is 6.91. The Morgan fingerprint density at radius 3 is 2.34 bits per heavy atom. The number of halogens is 1. The van der Waals surface area contributed by atoms with Gasteiger partial charge in [0.2, 0.25) is 0 Å². The van der Waals surface area contributed by atoms with Crippen LogP contribution in [-0.4, -0.2) is 50.6 Å². The van der Waals surface area contributed by atoms with Crippen molar-refractivity contribution in [3.8, 4) is 17.2 Å². The van der Waals surface area contributed by atoms with E-state index in [1.165, 1.54) is 24.0 Å². The Morgan fingerprint density at radius 2 is 1.69 bits per heavy atom. The number of methoxy groups -OCH3 is 3. The van der Waals surface area contributed by atoms with Crippen LogP contribution in [0.1, 0.15) is 51.2 Å². The first-order valence-electron chi connectivity index (χ1n) is 12.7. The minimum Gasteiger partial charge on any atom is -0.497 e. The Morgan fingerprint density at radius 1 is 1.00 bits per heavy atom. The first-order valence-corrected chi connectivity index (χ1v) is 13.5. The van der Waals surface area contributed by atoms with Crippen LogP contribution in [0.4, 0.5) is 0 Å². The molecule has 35 heavy (non-hydrogen) atoms. The summed E-state index contributed by atoms with van der Waals surface area (Å²) in [5.74, 6) is 3.65. The average molecular weight is 547 g/mol. The maximum Gasteiger partial charge on any atom is 0.161 e. The minimum absolute atomic E-state index is 0.0314. The lowest BCUT2D eigenvalue weighted by molar-refractivity contribution is -0.232. The summed E-state index contributed by atoms with van der Waals surface area (Å²) >= 11 is 3.75. The van der Waals surface area contributed by atoms with Gasteiger partial charge in [0.15, 0.2) is 11.5 Å². The number of rotatable bonds is 8. The molecule has 0 bridgehead atoms. The number of nitrogens with zero attached hydrogens (tertiary/aromatic N) is 1. The molecule has 0 aromatic heterocycles. The van der Waals surface area contributed by atoms with Gasteiger partial charge in [-0.1, -0.05) is 41.4 Å². The molecule has 4 rings (SSSR count). The van der Waals surface area contributed by atoms with E-state index in [1.54, 1.807) is 21.3 Å². The van der Waals surface area contributed by atoms with Crippen LogP contribution in [0.2, 0.25) is 0 Å². The quantitative estimate of drug-likeness (QED) is 0.378. The van der Waals surface area contributed by atoms with Crippen LogP contribution < -0.4 is 14.2 Å². The fraction of sp³-hybridized carbons (Fsp3) is 0.586. The molecule has 0 unspecified atom stereocenters. The van der Waals surface area contributed by atoms with Crippen molar-refractivity contribution in [2.75, 3.05) is 27.9 Å². The fourth-order valence-corrected chi connectivity index (χ4v) is 6.55. The largest absolute Gasteiger partial charge is 0.497 e. The Bertz CT molecular complexity index is 993. The molecule has 192 valence electrons. The summed E-state index contributed by atoms with van der Waals surface area (Å²) in [4.78, 5) is 2.61. The Hall–Kier alpha value is -1.76. The van der Waals surface area contributed by atoms with Crippen LogP contribution in [0, 0.1) is 11.8 Å². The van der Waals surface area contributed by atoms with Gasteiger partial charge in [-0.2, -0.15) is 0 Å². The van der Waals surface area contributed by atoms with Gasteiger partial charge in [0.05, 0.1) is 27.4 Å². The van der Waals surface area contributed by atoms with E-state index in [4.69, 9.17) is 18.9 Å². The molecule has 0 radical (unpaired) electrons. The summed E-state index contributed by atoms with van der Waals surface area (Å²) in [5.41, 5.74) is 2.52. The van der Waals surface area contributed by atoms with E-state index in [-0.39, 0.29) is 11.8 Å². The normalized spacial score (nSPS) is 26.1. The summed E-state index contributed by atoms with van der Waals surface area (Å²) in [6, 6.07) is 12.5. The van der Waals surface area contributed by atoms with Gasteiger partial charge in [-0.15, -0.1) is 0 Å². The molecule has 2 aromatic carbocycles. The zero-order chi connectivity index (χ0) is 25.2. The van der Waals surface area contributed by atoms with Crippen molar-refractivity contribution in [2.45, 2.75) is 70.7 Å². The van der Waals surface area contributed by atoms with Crippen molar-refractivity contribution in [1.82, 2.24) is 4.90 Å². The second-order valence-electron chi connectivity index (χ2n) is 10.6. The SMILES string of the molecule is COc1ccc(C[C@@H]2O[C@@H]3C[C@H](C)CC[C@H]3C(C)(C)N2CCc2cc(OC)c(OC)cc2Br)cc1. The highest BCUT2D eigenvalue weighted by molar-refractivity contribution is 9.10. The van der Waals surface area contributed by atoms with Crippen molar-refractivity contribution in [1.29, 1.82) is 0 Å². The van der Waals surface area contributed by atoms with Crippen LogP contribution in [0.15, 0.2) is 40.9 Å². The molecule has 1 heterocycles. The van der Waals surface area contributed by atoms with Crippen LogP contribution in [0.3, 0.4) is 0 Å². The third-order valence-corrected chi connectivity index (χ3v) is 8.86. The monoisotopic (exact) mass is 545 g/mol. The Labute approximate surface area is 219 Å². The standard InChI is InChI=1S/C29H40BrNO4/c1-19-7-12-23-25(15-19)35-28(16-20-8-10-22(32-4)11-9-20)31(29(23,2)3)14-13-21-17-26(33-5)27(34-6)18-24(21)30/h8-11,17-19,23,25,28H,7,12-16H2,1-6H3/t19-,23-,25-,28+/m1/s1. The van der Waals surface area contributed by atoms with Gasteiger partial charge in [0.1, 0.15) is 12.0 Å². The number of ether oxygens (including phenoxy) is 4. The average Bonchev–Trinajstić information content (AvgIpc) is 2.84. The van der Waals surface area contributed by atoms with Crippen LogP contribution in [0.5, 0.6) is 17.2 Å². The van der Waals surface area contributed by atoms with E-state index >= 15 is 0 Å². The lowest BCUT2D eigenvalue weighted by Crippen LogP contribution is -2.65. The molecule has 2 fully saturated rings. The van der Waals surface area contributed by atoms with Crippen LogP contribution >= 0.6 is 15.9 Å². The highest BCUT2D eigenvalue weighted by Gasteiger charge is 2.50. The van der Waals surface area contributed by atoms with Crippen LogP contribution in [0.25, 0.3) is 0 Å². The predicted molar refractivity (Wildman–Crippen MR) is 144 cm³/mol. The first-order chi connectivity index (χ1) is 16.8. The predicted octanol–water partition coefficient (Wildman–Crippen LogP) is 6.50.